The molecule has 1 N–H and O–H groups in total. The van der Waals surface area contributed by atoms with Crippen LogP contribution in [0.2, 0.25) is 0 Å². The number of pyridine rings is 1. The summed E-state index contributed by atoms with van der Waals surface area (Å²) in [5, 5.41) is 10.2. The van der Waals surface area contributed by atoms with Gasteiger partial charge in [0.15, 0.2) is 0 Å². The van der Waals surface area contributed by atoms with E-state index in [2.05, 4.69) is 4.98 Å². The Bertz CT molecular complexity index is 638. The van der Waals surface area contributed by atoms with Crippen molar-refractivity contribution in [2.45, 2.75) is 32.5 Å². The SMILES string of the molecule is Cc1cnc(C(O)Cc2cccc(C(F)(F)F)c2)c(C)c1. The second-order valence-corrected chi connectivity index (χ2v) is 5.13. The molecule has 112 valence electrons. The van der Waals surface area contributed by atoms with Gasteiger partial charge in [-0.3, -0.25) is 4.98 Å². The van der Waals surface area contributed by atoms with Crippen LogP contribution in [0.15, 0.2) is 36.5 Å². The third-order valence-electron chi connectivity index (χ3n) is 3.25. The Labute approximate surface area is 121 Å². The van der Waals surface area contributed by atoms with Gasteiger partial charge >= 0.3 is 6.18 Å². The van der Waals surface area contributed by atoms with E-state index in [9.17, 15) is 18.3 Å². The number of aliphatic hydroxyl groups excluding tert-OH is 1. The van der Waals surface area contributed by atoms with Crippen molar-refractivity contribution >= 4 is 0 Å². The smallest absolute Gasteiger partial charge is 0.386 e. The minimum atomic E-state index is -4.38. The third kappa shape index (κ3) is 3.82. The number of aryl methyl sites for hydroxylation is 2. The fraction of sp³-hybridized carbons (Fsp3) is 0.312. The lowest BCUT2D eigenvalue weighted by Crippen LogP contribution is -2.09. The molecule has 5 heteroatoms. The Morgan fingerprint density at radius 1 is 1.19 bits per heavy atom. The number of nitrogens with zero attached hydrogens (tertiary/aromatic N) is 1. The molecule has 0 radical (unpaired) electrons. The number of aliphatic hydroxyl groups is 1. The normalized spacial score (nSPS) is 13.2. The summed E-state index contributed by atoms with van der Waals surface area (Å²) < 4.78 is 38.0. The quantitative estimate of drug-likeness (QED) is 0.928. The van der Waals surface area contributed by atoms with Crippen LogP contribution in [0, 0.1) is 13.8 Å². The second kappa shape index (κ2) is 5.85. The average Bonchev–Trinajstić information content (AvgIpc) is 2.37. The molecule has 2 aromatic rings. The van der Waals surface area contributed by atoms with E-state index < -0.39 is 17.8 Å². The molecule has 0 saturated carbocycles. The zero-order valence-electron chi connectivity index (χ0n) is 11.8. The molecule has 21 heavy (non-hydrogen) atoms. The van der Waals surface area contributed by atoms with Crippen molar-refractivity contribution in [3.63, 3.8) is 0 Å². The Balaban J connectivity index is 2.21. The van der Waals surface area contributed by atoms with Crippen molar-refractivity contribution in [3.8, 4) is 0 Å². The maximum Gasteiger partial charge on any atom is 0.416 e. The Hall–Kier alpha value is -1.88. The summed E-state index contributed by atoms with van der Waals surface area (Å²) >= 11 is 0. The first-order valence-electron chi connectivity index (χ1n) is 6.54. The number of halogens is 3. The van der Waals surface area contributed by atoms with Crippen molar-refractivity contribution in [1.82, 2.24) is 4.98 Å². The lowest BCUT2D eigenvalue weighted by Gasteiger charge is -2.14. The molecule has 0 saturated heterocycles. The van der Waals surface area contributed by atoms with Gasteiger partial charge in [-0.25, -0.2) is 0 Å². The van der Waals surface area contributed by atoms with E-state index in [-0.39, 0.29) is 6.42 Å². The summed E-state index contributed by atoms with van der Waals surface area (Å²) in [7, 11) is 0. The van der Waals surface area contributed by atoms with Gasteiger partial charge in [-0.05, 0) is 36.6 Å². The minimum Gasteiger partial charge on any atom is -0.386 e. The minimum absolute atomic E-state index is 0.0980. The molecule has 1 aromatic heterocycles. The zero-order valence-corrected chi connectivity index (χ0v) is 11.8. The van der Waals surface area contributed by atoms with Crippen molar-refractivity contribution in [2.24, 2.45) is 0 Å². The number of alkyl halides is 3. The van der Waals surface area contributed by atoms with Gasteiger partial charge in [-0.2, -0.15) is 13.2 Å². The molecule has 1 atom stereocenters. The van der Waals surface area contributed by atoms with Gasteiger partial charge in [0.25, 0.3) is 0 Å². The largest absolute Gasteiger partial charge is 0.416 e. The standard InChI is InChI=1S/C16H16F3NO/c1-10-6-11(2)15(20-9-10)14(21)8-12-4-3-5-13(7-12)16(17,18)19/h3-7,9,14,21H,8H2,1-2H3. The molecule has 0 bridgehead atoms. The van der Waals surface area contributed by atoms with Gasteiger partial charge in [0, 0.05) is 12.6 Å². The first-order valence-corrected chi connectivity index (χ1v) is 6.54. The number of aromatic nitrogens is 1. The zero-order chi connectivity index (χ0) is 15.6. The van der Waals surface area contributed by atoms with Crippen LogP contribution in [-0.4, -0.2) is 10.1 Å². The van der Waals surface area contributed by atoms with E-state index in [0.29, 0.717) is 11.3 Å². The molecule has 0 amide bonds. The number of hydrogen-bond acceptors (Lipinski definition) is 2. The highest BCUT2D eigenvalue weighted by Crippen LogP contribution is 2.30. The summed E-state index contributed by atoms with van der Waals surface area (Å²) in [4.78, 5) is 4.17. The molecule has 0 fully saturated rings. The van der Waals surface area contributed by atoms with Crippen LogP contribution < -0.4 is 0 Å². The van der Waals surface area contributed by atoms with E-state index in [1.807, 2.05) is 19.9 Å². The molecule has 0 aliphatic heterocycles. The van der Waals surface area contributed by atoms with Crippen LogP contribution in [0.5, 0.6) is 0 Å². The predicted octanol–water partition coefficient (Wildman–Crippen LogP) is 3.99. The van der Waals surface area contributed by atoms with Gasteiger partial charge < -0.3 is 5.11 Å². The first kappa shape index (κ1) is 15.5. The Kier molecular flexibility index (Phi) is 4.32. The molecular formula is C16H16F3NO. The molecule has 1 unspecified atom stereocenters. The van der Waals surface area contributed by atoms with Gasteiger partial charge in [-0.1, -0.05) is 24.3 Å². The second-order valence-electron chi connectivity index (χ2n) is 5.13. The van der Waals surface area contributed by atoms with Crippen molar-refractivity contribution in [3.05, 3.63) is 64.5 Å². The van der Waals surface area contributed by atoms with Crippen LogP contribution in [-0.2, 0) is 12.6 Å². The van der Waals surface area contributed by atoms with E-state index in [4.69, 9.17) is 0 Å². The summed E-state index contributed by atoms with van der Waals surface area (Å²) in [6, 6.07) is 6.89. The molecule has 0 spiro atoms. The van der Waals surface area contributed by atoms with Gasteiger partial charge in [0.1, 0.15) is 6.10 Å². The predicted molar refractivity (Wildman–Crippen MR) is 73.8 cm³/mol. The van der Waals surface area contributed by atoms with Crippen molar-refractivity contribution in [2.75, 3.05) is 0 Å². The Morgan fingerprint density at radius 3 is 2.52 bits per heavy atom. The molecule has 2 nitrogen and oxygen atoms in total. The van der Waals surface area contributed by atoms with E-state index in [1.54, 1.807) is 12.3 Å². The van der Waals surface area contributed by atoms with E-state index in [0.717, 1.165) is 23.3 Å². The van der Waals surface area contributed by atoms with Crippen LogP contribution in [0.3, 0.4) is 0 Å². The van der Waals surface area contributed by atoms with Crippen molar-refractivity contribution in [1.29, 1.82) is 0 Å². The highest BCUT2D eigenvalue weighted by Gasteiger charge is 2.30. The van der Waals surface area contributed by atoms with E-state index >= 15 is 0 Å². The number of rotatable bonds is 3. The lowest BCUT2D eigenvalue weighted by molar-refractivity contribution is -0.137. The molecular weight excluding hydrogens is 279 g/mol. The highest BCUT2D eigenvalue weighted by atomic mass is 19.4. The third-order valence-corrected chi connectivity index (χ3v) is 3.25. The summed E-state index contributed by atoms with van der Waals surface area (Å²) in [5.74, 6) is 0. The van der Waals surface area contributed by atoms with Gasteiger partial charge in [0.2, 0.25) is 0 Å². The van der Waals surface area contributed by atoms with Gasteiger partial charge in [0.05, 0.1) is 11.3 Å². The fourth-order valence-electron chi connectivity index (χ4n) is 2.27. The number of benzene rings is 1. The maximum absolute atomic E-state index is 12.7. The number of hydrogen-bond donors (Lipinski definition) is 1. The van der Waals surface area contributed by atoms with Crippen LogP contribution >= 0.6 is 0 Å². The Morgan fingerprint density at radius 2 is 1.90 bits per heavy atom. The molecule has 0 aliphatic rings. The van der Waals surface area contributed by atoms with E-state index in [1.165, 1.54) is 6.07 Å². The van der Waals surface area contributed by atoms with Crippen LogP contribution in [0.1, 0.15) is 34.1 Å². The maximum atomic E-state index is 12.7. The van der Waals surface area contributed by atoms with Crippen LogP contribution in [0.25, 0.3) is 0 Å². The summed E-state index contributed by atoms with van der Waals surface area (Å²) in [6.45, 7) is 3.72. The van der Waals surface area contributed by atoms with Crippen molar-refractivity contribution < 1.29 is 18.3 Å². The van der Waals surface area contributed by atoms with Gasteiger partial charge in [-0.15, -0.1) is 0 Å². The topological polar surface area (TPSA) is 33.1 Å². The summed E-state index contributed by atoms with van der Waals surface area (Å²) in [6.07, 6.45) is -3.56. The fourth-order valence-corrected chi connectivity index (χ4v) is 2.27. The summed E-state index contributed by atoms with van der Waals surface area (Å²) in [5.41, 5.74) is 2.02. The molecule has 2 rings (SSSR count). The first-order chi connectivity index (χ1) is 9.77. The monoisotopic (exact) mass is 295 g/mol. The highest BCUT2D eigenvalue weighted by molar-refractivity contribution is 5.29. The molecule has 0 aliphatic carbocycles. The average molecular weight is 295 g/mol. The van der Waals surface area contributed by atoms with Crippen LogP contribution in [0.4, 0.5) is 13.2 Å². The lowest BCUT2D eigenvalue weighted by atomic mass is 10.00. The molecule has 1 heterocycles. The molecule has 1 aromatic carbocycles.